The van der Waals surface area contributed by atoms with Crippen LogP contribution in [0.25, 0.3) is 0 Å². The van der Waals surface area contributed by atoms with Crippen molar-refractivity contribution in [2.75, 3.05) is 13.2 Å². The summed E-state index contributed by atoms with van der Waals surface area (Å²) in [6.45, 7) is 2.73. The third-order valence-corrected chi connectivity index (χ3v) is 2.44. The summed E-state index contributed by atoms with van der Waals surface area (Å²) in [5.41, 5.74) is 0.868. The molecule has 1 aromatic rings. The fourth-order valence-corrected chi connectivity index (χ4v) is 1.75. The maximum Gasteiger partial charge on any atom is 0.221 e. The molecule has 0 amide bonds. The van der Waals surface area contributed by atoms with Crippen molar-refractivity contribution in [3.05, 3.63) is 35.9 Å². The first-order valence-electron chi connectivity index (χ1n) is 4.77. The quantitative estimate of drug-likeness (QED) is 0.770. The standard InChI is InChI=1S/C11H14O3/c1-9(12)11(13-7-8-14-11)10-5-3-2-4-6-10/h2-6,9,12H,7-8H2,1H3/t9-/m0/s1. The third kappa shape index (κ3) is 1.43. The van der Waals surface area contributed by atoms with Gasteiger partial charge in [-0.15, -0.1) is 0 Å². The lowest BCUT2D eigenvalue weighted by atomic mass is 10.0. The van der Waals surface area contributed by atoms with Crippen LogP contribution in [0.2, 0.25) is 0 Å². The summed E-state index contributed by atoms with van der Waals surface area (Å²) in [5.74, 6) is -0.957. The molecule has 0 radical (unpaired) electrons. The smallest absolute Gasteiger partial charge is 0.221 e. The van der Waals surface area contributed by atoms with E-state index in [1.807, 2.05) is 30.3 Å². The van der Waals surface area contributed by atoms with E-state index in [4.69, 9.17) is 9.47 Å². The van der Waals surface area contributed by atoms with Crippen molar-refractivity contribution in [2.45, 2.75) is 18.8 Å². The molecular formula is C11H14O3. The van der Waals surface area contributed by atoms with Crippen LogP contribution in [0.15, 0.2) is 30.3 Å². The molecular weight excluding hydrogens is 180 g/mol. The Hall–Kier alpha value is -0.900. The molecule has 14 heavy (non-hydrogen) atoms. The SMILES string of the molecule is C[C@H](O)C1(c2ccccc2)OCCO1. The Bertz CT molecular complexity index is 289. The molecule has 1 saturated heterocycles. The lowest BCUT2D eigenvalue weighted by Crippen LogP contribution is -2.38. The van der Waals surface area contributed by atoms with E-state index >= 15 is 0 Å². The van der Waals surface area contributed by atoms with E-state index in [0.29, 0.717) is 13.2 Å². The minimum absolute atomic E-state index is 0.528. The Labute approximate surface area is 83.3 Å². The summed E-state index contributed by atoms with van der Waals surface area (Å²) < 4.78 is 11.0. The largest absolute Gasteiger partial charge is 0.387 e. The predicted octanol–water partition coefficient (Wildman–Crippen LogP) is 1.27. The van der Waals surface area contributed by atoms with Gasteiger partial charge in [0.05, 0.1) is 13.2 Å². The van der Waals surface area contributed by atoms with Gasteiger partial charge in [0, 0.05) is 5.56 Å². The van der Waals surface area contributed by atoms with Crippen molar-refractivity contribution in [1.29, 1.82) is 0 Å². The van der Waals surface area contributed by atoms with E-state index in [0.717, 1.165) is 5.56 Å². The van der Waals surface area contributed by atoms with Crippen molar-refractivity contribution >= 4 is 0 Å². The van der Waals surface area contributed by atoms with Gasteiger partial charge < -0.3 is 14.6 Å². The van der Waals surface area contributed by atoms with E-state index in [-0.39, 0.29) is 0 Å². The molecule has 3 nitrogen and oxygen atoms in total. The van der Waals surface area contributed by atoms with Crippen LogP contribution in [-0.4, -0.2) is 24.4 Å². The molecule has 1 aliphatic rings. The van der Waals surface area contributed by atoms with Crippen LogP contribution in [0.3, 0.4) is 0 Å². The number of rotatable bonds is 2. The summed E-state index contributed by atoms with van der Waals surface area (Å²) in [7, 11) is 0. The zero-order chi connectivity index (χ0) is 10.0. The van der Waals surface area contributed by atoms with Gasteiger partial charge in [0.15, 0.2) is 0 Å². The van der Waals surface area contributed by atoms with Crippen LogP contribution < -0.4 is 0 Å². The molecule has 3 heteroatoms. The van der Waals surface area contributed by atoms with Gasteiger partial charge >= 0.3 is 0 Å². The number of ether oxygens (including phenoxy) is 2. The molecule has 1 aliphatic heterocycles. The Morgan fingerprint density at radius 1 is 1.21 bits per heavy atom. The topological polar surface area (TPSA) is 38.7 Å². The number of aliphatic hydroxyl groups excluding tert-OH is 1. The maximum absolute atomic E-state index is 9.71. The number of hydrogen-bond acceptors (Lipinski definition) is 3. The Kier molecular flexibility index (Phi) is 2.54. The molecule has 76 valence electrons. The van der Waals surface area contributed by atoms with Crippen molar-refractivity contribution in [2.24, 2.45) is 0 Å². The summed E-state index contributed by atoms with van der Waals surface area (Å²) in [6.07, 6.45) is -0.674. The number of aliphatic hydroxyl groups is 1. The minimum Gasteiger partial charge on any atom is -0.387 e. The first-order valence-corrected chi connectivity index (χ1v) is 4.77. The van der Waals surface area contributed by atoms with E-state index in [9.17, 15) is 5.11 Å². The normalized spacial score (nSPS) is 22.1. The lowest BCUT2D eigenvalue weighted by Gasteiger charge is -2.30. The van der Waals surface area contributed by atoms with Gasteiger partial charge in [-0.3, -0.25) is 0 Å². The van der Waals surface area contributed by atoms with Crippen molar-refractivity contribution in [3.8, 4) is 0 Å². The van der Waals surface area contributed by atoms with Crippen LogP contribution in [0.5, 0.6) is 0 Å². The zero-order valence-electron chi connectivity index (χ0n) is 8.14. The Balaban J connectivity index is 2.36. The molecule has 0 spiro atoms. The molecule has 1 aromatic carbocycles. The number of benzene rings is 1. The first kappa shape index (κ1) is 9.65. The van der Waals surface area contributed by atoms with Crippen molar-refractivity contribution < 1.29 is 14.6 Å². The van der Waals surface area contributed by atoms with Gasteiger partial charge in [0.1, 0.15) is 6.10 Å². The molecule has 1 heterocycles. The van der Waals surface area contributed by atoms with Crippen LogP contribution >= 0.6 is 0 Å². The Morgan fingerprint density at radius 2 is 1.79 bits per heavy atom. The zero-order valence-corrected chi connectivity index (χ0v) is 8.14. The summed E-state index contributed by atoms with van der Waals surface area (Å²) in [4.78, 5) is 0. The van der Waals surface area contributed by atoms with Gasteiger partial charge in [-0.25, -0.2) is 0 Å². The first-order chi connectivity index (χ1) is 6.76. The van der Waals surface area contributed by atoms with Crippen molar-refractivity contribution in [3.63, 3.8) is 0 Å². The summed E-state index contributed by atoms with van der Waals surface area (Å²) in [5, 5.41) is 9.71. The fourth-order valence-electron chi connectivity index (χ4n) is 1.75. The summed E-state index contributed by atoms with van der Waals surface area (Å²) in [6, 6.07) is 9.54. The average molecular weight is 194 g/mol. The van der Waals surface area contributed by atoms with E-state index in [2.05, 4.69) is 0 Å². The summed E-state index contributed by atoms with van der Waals surface area (Å²) >= 11 is 0. The van der Waals surface area contributed by atoms with Gasteiger partial charge in [-0.1, -0.05) is 30.3 Å². The van der Waals surface area contributed by atoms with Crippen LogP contribution in [0.1, 0.15) is 12.5 Å². The minimum atomic E-state index is -0.957. The fraction of sp³-hybridized carbons (Fsp3) is 0.455. The second kappa shape index (κ2) is 3.69. The predicted molar refractivity (Wildman–Crippen MR) is 51.7 cm³/mol. The van der Waals surface area contributed by atoms with Gasteiger partial charge in [-0.2, -0.15) is 0 Å². The van der Waals surface area contributed by atoms with Gasteiger partial charge in [0.2, 0.25) is 5.79 Å². The molecule has 0 aliphatic carbocycles. The highest BCUT2D eigenvalue weighted by molar-refractivity contribution is 5.22. The molecule has 0 unspecified atom stereocenters. The van der Waals surface area contributed by atoms with Crippen LogP contribution in [0, 0.1) is 0 Å². The average Bonchev–Trinajstić information content (AvgIpc) is 2.69. The Morgan fingerprint density at radius 3 is 2.29 bits per heavy atom. The van der Waals surface area contributed by atoms with E-state index < -0.39 is 11.9 Å². The second-order valence-electron chi connectivity index (χ2n) is 3.41. The molecule has 0 bridgehead atoms. The van der Waals surface area contributed by atoms with Gasteiger partial charge in [0.25, 0.3) is 0 Å². The van der Waals surface area contributed by atoms with Crippen LogP contribution in [0.4, 0.5) is 0 Å². The van der Waals surface area contributed by atoms with Crippen molar-refractivity contribution in [1.82, 2.24) is 0 Å². The van der Waals surface area contributed by atoms with Crippen LogP contribution in [-0.2, 0) is 15.3 Å². The third-order valence-electron chi connectivity index (χ3n) is 2.44. The molecule has 0 saturated carbocycles. The molecule has 1 atom stereocenters. The lowest BCUT2D eigenvalue weighted by molar-refractivity contribution is -0.224. The highest BCUT2D eigenvalue weighted by atomic mass is 16.7. The second-order valence-corrected chi connectivity index (χ2v) is 3.41. The maximum atomic E-state index is 9.71. The molecule has 0 aromatic heterocycles. The van der Waals surface area contributed by atoms with E-state index in [1.54, 1.807) is 6.92 Å². The van der Waals surface area contributed by atoms with Gasteiger partial charge in [-0.05, 0) is 6.92 Å². The number of hydrogen-bond donors (Lipinski definition) is 1. The molecule has 2 rings (SSSR count). The highest BCUT2D eigenvalue weighted by Crippen LogP contribution is 2.34. The molecule has 1 fully saturated rings. The highest BCUT2D eigenvalue weighted by Gasteiger charge is 2.43. The van der Waals surface area contributed by atoms with E-state index in [1.165, 1.54) is 0 Å². The monoisotopic (exact) mass is 194 g/mol. The molecule has 1 N–H and O–H groups in total.